The summed E-state index contributed by atoms with van der Waals surface area (Å²) >= 11 is 0. The van der Waals surface area contributed by atoms with Gasteiger partial charge in [-0.25, -0.2) is 0 Å². The average Bonchev–Trinajstić information content (AvgIpc) is 2.39. The topological polar surface area (TPSA) is 29.5 Å². The van der Waals surface area contributed by atoms with E-state index in [9.17, 15) is 4.79 Å². The standard InChI is InChI=1S/C17H31NO2/c1-5-20-17(19)16-9-11-18(12-10-16)13-15(4)8-6-7-14(2)3/h7,15-16H,5-6,8-13H2,1-4H3/t15-/m0/s1. The fourth-order valence-corrected chi connectivity index (χ4v) is 2.80. The fraction of sp³-hybridized carbons (Fsp3) is 0.824. The van der Waals surface area contributed by atoms with Gasteiger partial charge in [-0.05, 0) is 65.5 Å². The molecule has 1 rings (SSSR count). The minimum Gasteiger partial charge on any atom is -0.466 e. The smallest absolute Gasteiger partial charge is 0.309 e. The summed E-state index contributed by atoms with van der Waals surface area (Å²) in [6.45, 7) is 12.3. The van der Waals surface area contributed by atoms with Crippen LogP contribution in [0.1, 0.15) is 53.4 Å². The van der Waals surface area contributed by atoms with Crippen LogP contribution in [0.5, 0.6) is 0 Å². The highest BCUT2D eigenvalue weighted by Gasteiger charge is 2.26. The van der Waals surface area contributed by atoms with Crippen LogP contribution in [0.15, 0.2) is 11.6 Å². The molecule has 1 atom stereocenters. The summed E-state index contributed by atoms with van der Waals surface area (Å²) in [7, 11) is 0. The first-order valence-corrected chi connectivity index (χ1v) is 8.05. The van der Waals surface area contributed by atoms with Crippen molar-refractivity contribution >= 4 is 5.97 Å². The van der Waals surface area contributed by atoms with Gasteiger partial charge in [0.05, 0.1) is 12.5 Å². The van der Waals surface area contributed by atoms with Crippen molar-refractivity contribution in [2.75, 3.05) is 26.2 Å². The van der Waals surface area contributed by atoms with Crippen LogP contribution < -0.4 is 0 Å². The van der Waals surface area contributed by atoms with E-state index in [0.29, 0.717) is 6.61 Å². The number of nitrogens with zero attached hydrogens (tertiary/aromatic N) is 1. The van der Waals surface area contributed by atoms with Crippen LogP contribution in [0.4, 0.5) is 0 Å². The summed E-state index contributed by atoms with van der Waals surface area (Å²) in [5, 5.41) is 0. The maximum atomic E-state index is 11.7. The molecule has 0 spiro atoms. The van der Waals surface area contributed by atoms with E-state index in [2.05, 4.69) is 31.7 Å². The van der Waals surface area contributed by atoms with Crippen molar-refractivity contribution in [3.63, 3.8) is 0 Å². The molecule has 1 aliphatic heterocycles. The number of esters is 1. The first-order valence-electron chi connectivity index (χ1n) is 8.05. The molecule has 1 fully saturated rings. The average molecular weight is 281 g/mol. The van der Waals surface area contributed by atoms with Crippen LogP contribution in [0.3, 0.4) is 0 Å². The predicted octanol–water partition coefficient (Wildman–Crippen LogP) is 3.64. The summed E-state index contributed by atoms with van der Waals surface area (Å²) in [4.78, 5) is 14.2. The number of rotatable bonds is 7. The zero-order chi connectivity index (χ0) is 15.0. The van der Waals surface area contributed by atoms with Crippen LogP contribution in [-0.2, 0) is 9.53 Å². The highest BCUT2D eigenvalue weighted by Crippen LogP contribution is 2.20. The highest BCUT2D eigenvalue weighted by molar-refractivity contribution is 5.72. The van der Waals surface area contributed by atoms with Gasteiger partial charge in [-0.15, -0.1) is 0 Å². The van der Waals surface area contributed by atoms with E-state index >= 15 is 0 Å². The molecule has 1 saturated heterocycles. The molecule has 0 N–H and O–H groups in total. The van der Waals surface area contributed by atoms with Gasteiger partial charge in [0.1, 0.15) is 0 Å². The first-order chi connectivity index (χ1) is 9.52. The molecule has 20 heavy (non-hydrogen) atoms. The summed E-state index contributed by atoms with van der Waals surface area (Å²) in [5.41, 5.74) is 1.41. The van der Waals surface area contributed by atoms with E-state index in [1.165, 1.54) is 18.4 Å². The molecule has 3 nitrogen and oxygen atoms in total. The lowest BCUT2D eigenvalue weighted by Gasteiger charge is -2.32. The van der Waals surface area contributed by atoms with E-state index in [0.717, 1.165) is 38.4 Å². The van der Waals surface area contributed by atoms with E-state index < -0.39 is 0 Å². The van der Waals surface area contributed by atoms with Crippen molar-refractivity contribution < 1.29 is 9.53 Å². The molecule has 0 aromatic rings. The Bertz CT molecular complexity index is 313. The molecule has 0 radical (unpaired) electrons. The van der Waals surface area contributed by atoms with Gasteiger partial charge in [0, 0.05) is 6.54 Å². The van der Waals surface area contributed by atoms with Gasteiger partial charge in [0.15, 0.2) is 0 Å². The molecule has 1 aliphatic rings. The van der Waals surface area contributed by atoms with Gasteiger partial charge >= 0.3 is 5.97 Å². The third-order valence-corrected chi connectivity index (χ3v) is 3.99. The number of likely N-dealkylation sites (tertiary alicyclic amines) is 1. The first kappa shape index (κ1) is 17.2. The minimum atomic E-state index is 0.00348. The van der Waals surface area contributed by atoms with E-state index in [1.54, 1.807) is 0 Å². The maximum Gasteiger partial charge on any atom is 0.309 e. The van der Waals surface area contributed by atoms with Crippen molar-refractivity contribution in [3.8, 4) is 0 Å². The number of carbonyl (C=O) groups is 1. The van der Waals surface area contributed by atoms with Gasteiger partial charge in [-0.2, -0.15) is 0 Å². The van der Waals surface area contributed by atoms with E-state index in [1.807, 2.05) is 6.92 Å². The molecule has 0 aliphatic carbocycles. The molecule has 1 heterocycles. The van der Waals surface area contributed by atoms with Gasteiger partial charge in [-0.1, -0.05) is 18.6 Å². The maximum absolute atomic E-state index is 11.7. The SMILES string of the molecule is CCOC(=O)C1CCN(C[C@@H](C)CCC=C(C)C)CC1. The molecular formula is C17H31NO2. The second-order valence-electron chi connectivity index (χ2n) is 6.29. The summed E-state index contributed by atoms with van der Waals surface area (Å²) in [6.07, 6.45) is 6.67. The Kier molecular flexibility index (Phi) is 7.90. The van der Waals surface area contributed by atoms with Crippen LogP contribution >= 0.6 is 0 Å². The number of hydrogen-bond acceptors (Lipinski definition) is 3. The highest BCUT2D eigenvalue weighted by atomic mass is 16.5. The quantitative estimate of drug-likeness (QED) is 0.527. The number of ether oxygens (including phenoxy) is 1. The predicted molar refractivity (Wildman–Crippen MR) is 83.6 cm³/mol. The largest absolute Gasteiger partial charge is 0.466 e. The lowest BCUT2D eigenvalue weighted by Crippen LogP contribution is -2.39. The van der Waals surface area contributed by atoms with Crippen LogP contribution in [0.2, 0.25) is 0 Å². The van der Waals surface area contributed by atoms with Crippen LogP contribution in [0, 0.1) is 11.8 Å². The molecule has 0 unspecified atom stereocenters. The van der Waals surface area contributed by atoms with Gasteiger partial charge in [0.25, 0.3) is 0 Å². The Morgan fingerprint density at radius 3 is 2.55 bits per heavy atom. The Balaban J connectivity index is 2.21. The Labute approximate surface area is 124 Å². The zero-order valence-corrected chi connectivity index (χ0v) is 13.7. The molecule has 3 heteroatoms. The van der Waals surface area contributed by atoms with Crippen LogP contribution in [-0.4, -0.2) is 37.1 Å². The normalized spacial score (nSPS) is 18.6. The van der Waals surface area contributed by atoms with Crippen molar-refractivity contribution in [2.24, 2.45) is 11.8 Å². The van der Waals surface area contributed by atoms with Crippen molar-refractivity contribution in [1.82, 2.24) is 4.90 Å². The number of piperidine rings is 1. The number of carbonyl (C=O) groups excluding carboxylic acids is 1. The van der Waals surface area contributed by atoms with Crippen molar-refractivity contribution in [3.05, 3.63) is 11.6 Å². The number of hydrogen-bond donors (Lipinski definition) is 0. The minimum absolute atomic E-state index is 0.00348. The molecule has 0 bridgehead atoms. The van der Waals surface area contributed by atoms with Crippen molar-refractivity contribution in [2.45, 2.75) is 53.4 Å². The molecule has 0 aromatic carbocycles. The van der Waals surface area contributed by atoms with Gasteiger partial charge in [-0.3, -0.25) is 4.79 Å². The lowest BCUT2D eigenvalue weighted by atomic mass is 9.95. The van der Waals surface area contributed by atoms with Crippen molar-refractivity contribution in [1.29, 1.82) is 0 Å². The summed E-state index contributed by atoms with van der Waals surface area (Å²) < 4.78 is 5.11. The second-order valence-corrected chi connectivity index (χ2v) is 6.29. The molecule has 0 amide bonds. The monoisotopic (exact) mass is 281 g/mol. The van der Waals surface area contributed by atoms with E-state index in [-0.39, 0.29) is 11.9 Å². The third-order valence-electron chi connectivity index (χ3n) is 3.99. The van der Waals surface area contributed by atoms with E-state index in [4.69, 9.17) is 4.74 Å². The van der Waals surface area contributed by atoms with Gasteiger partial charge in [0.2, 0.25) is 0 Å². The summed E-state index contributed by atoms with van der Waals surface area (Å²) in [6, 6.07) is 0. The Morgan fingerprint density at radius 2 is 2.00 bits per heavy atom. The lowest BCUT2D eigenvalue weighted by molar-refractivity contribution is -0.149. The third kappa shape index (κ3) is 6.56. The van der Waals surface area contributed by atoms with Gasteiger partial charge < -0.3 is 9.64 Å². The molecular weight excluding hydrogens is 250 g/mol. The fourth-order valence-electron chi connectivity index (χ4n) is 2.80. The van der Waals surface area contributed by atoms with Crippen LogP contribution in [0.25, 0.3) is 0 Å². The zero-order valence-electron chi connectivity index (χ0n) is 13.7. The molecule has 116 valence electrons. The second kappa shape index (κ2) is 9.17. The molecule has 0 saturated carbocycles. The Morgan fingerprint density at radius 1 is 1.35 bits per heavy atom. The summed E-state index contributed by atoms with van der Waals surface area (Å²) in [5.74, 6) is 0.862. The number of allylic oxidation sites excluding steroid dienone is 2. The Hall–Kier alpha value is -0.830. The molecule has 0 aromatic heterocycles.